The molecule has 0 spiro atoms. The highest BCUT2D eigenvalue weighted by Crippen LogP contribution is 2.37. The summed E-state index contributed by atoms with van der Waals surface area (Å²) in [5, 5.41) is 2.57. The van der Waals surface area contributed by atoms with Gasteiger partial charge in [-0.2, -0.15) is 0 Å². The number of aromatic nitrogens is 2. The first-order chi connectivity index (χ1) is 13.5. The van der Waals surface area contributed by atoms with Crippen LogP contribution >= 0.6 is 0 Å². The lowest BCUT2D eigenvalue weighted by atomic mass is 10.0. The number of carbonyl (C=O) groups excluding carboxylic acids is 1. The lowest BCUT2D eigenvalue weighted by molar-refractivity contribution is 0.101. The van der Waals surface area contributed by atoms with E-state index in [1.165, 1.54) is 11.8 Å². The standard InChI is InChI=1S/C21H19F2N3O2/c1-3-12-7-16(19-11(2)28-18-6-4-5-13(18)19)25-10-17(12)26-21(27)20-14(22)8-24-9-15(20)23/h7-10H,3-6H2,1-2H3,(H,26,27). The van der Waals surface area contributed by atoms with Gasteiger partial charge in [0.05, 0.1) is 30.0 Å². The molecule has 0 atom stereocenters. The van der Waals surface area contributed by atoms with Gasteiger partial charge in [0.15, 0.2) is 11.6 Å². The molecule has 1 amide bonds. The van der Waals surface area contributed by atoms with E-state index in [9.17, 15) is 13.6 Å². The first-order valence-electron chi connectivity index (χ1n) is 9.20. The van der Waals surface area contributed by atoms with Crippen molar-refractivity contribution in [2.45, 2.75) is 39.5 Å². The highest BCUT2D eigenvalue weighted by molar-refractivity contribution is 6.05. The van der Waals surface area contributed by atoms with Gasteiger partial charge in [0.1, 0.15) is 17.1 Å². The molecule has 0 aliphatic heterocycles. The van der Waals surface area contributed by atoms with Crippen molar-refractivity contribution in [1.82, 2.24) is 9.97 Å². The van der Waals surface area contributed by atoms with Gasteiger partial charge in [-0.1, -0.05) is 6.92 Å². The zero-order valence-corrected chi connectivity index (χ0v) is 15.6. The van der Waals surface area contributed by atoms with E-state index in [-0.39, 0.29) is 0 Å². The van der Waals surface area contributed by atoms with Crippen LogP contribution in [0.25, 0.3) is 11.3 Å². The lowest BCUT2D eigenvalue weighted by Gasteiger charge is -2.12. The fourth-order valence-electron chi connectivity index (χ4n) is 3.73. The molecular formula is C21H19F2N3O2. The Bertz CT molecular complexity index is 1060. The second kappa shape index (κ2) is 7.14. The number of hydrogen-bond donors (Lipinski definition) is 1. The average Bonchev–Trinajstić information content (AvgIpc) is 3.22. The molecule has 0 saturated heterocycles. The van der Waals surface area contributed by atoms with Crippen LogP contribution in [0.4, 0.5) is 14.5 Å². The van der Waals surface area contributed by atoms with E-state index in [4.69, 9.17) is 4.42 Å². The van der Waals surface area contributed by atoms with Gasteiger partial charge in [0.25, 0.3) is 5.91 Å². The maximum atomic E-state index is 13.8. The predicted molar refractivity (Wildman–Crippen MR) is 100 cm³/mol. The molecule has 1 aliphatic rings. The Balaban J connectivity index is 1.68. The van der Waals surface area contributed by atoms with Gasteiger partial charge in [0.2, 0.25) is 0 Å². The molecule has 1 aliphatic carbocycles. The molecule has 3 heterocycles. The summed E-state index contributed by atoms with van der Waals surface area (Å²) < 4.78 is 33.5. The largest absolute Gasteiger partial charge is 0.465 e. The number of pyridine rings is 2. The average molecular weight is 383 g/mol. The van der Waals surface area contributed by atoms with Gasteiger partial charge >= 0.3 is 0 Å². The third kappa shape index (κ3) is 3.06. The van der Waals surface area contributed by atoms with E-state index in [0.29, 0.717) is 12.1 Å². The van der Waals surface area contributed by atoms with Gasteiger partial charge in [-0.15, -0.1) is 0 Å². The maximum Gasteiger partial charge on any atom is 0.261 e. The Morgan fingerprint density at radius 2 is 1.96 bits per heavy atom. The summed E-state index contributed by atoms with van der Waals surface area (Å²) in [7, 11) is 0. The van der Waals surface area contributed by atoms with Crippen LogP contribution in [-0.4, -0.2) is 15.9 Å². The second-order valence-electron chi connectivity index (χ2n) is 6.80. The highest BCUT2D eigenvalue weighted by Gasteiger charge is 2.25. The third-order valence-corrected chi connectivity index (χ3v) is 5.05. The number of anilines is 1. The van der Waals surface area contributed by atoms with Crippen molar-refractivity contribution in [1.29, 1.82) is 0 Å². The first-order valence-corrected chi connectivity index (χ1v) is 9.20. The van der Waals surface area contributed by atoms with Gasteiger partial charge in [-0.05, 0) is 37.8 Å². The van der Waals surface area contributed by atoms with Gasteiger partial charge < -0.3 is 9.73 Å². The van der Waals surface area contributed by atoms with Crippen molar-refractivity contribution in [3.05, 3.63) is 64.5 Å². The van der Waals surface area contributed by atoms with Crippen LogP contribution in [0, 0.1) is 18.6 Å². The third-order valence-electron chi connectivity index (χ3n) is 5.05. The molecule has 3 aromatic rings. The summed E-state index contributed by atoms with van der Waals surface area (Å²) in [5.41, 5.74) is 3.56. The Morgan fingerprint density at radius 3 is 2.68 bits per heavy atom. The molecule has 0 saturated carbocycles. The number of amides is 1. The minimum atomic E-state index is -1.01. The monoisotopic (exact) mass is 383 g/mol. The molecule has 3 aromatic heterocycles. The molecule has 5 nitrogen and oxygen atoms in total. The quantitative estimate of drug-likeness (QED) is 0.713. The summed E-state index contributed by atoms with van der Waals surface area (Å²) >= 11 is 0. The molecule has 0 bridgehead atoms. The Hall–Kier alpha value is -3.09. The summed E-state index contributed by atoms with van der Waals surface area (Å²) in [6.45, 7) is 3.86. The number of aryl methyl sites for hydroxylation is 3. The number of nitrogens with zero attached hydrogens (tertiary/aromatic N) is 2. The van der Waals surface area contributed by atoms with Crippen molar-refractivity contribution in [2.75, 3.05) is 5.32 Å². The number of hydrogen-bond acceptors (Lipinski definition) is 4. The number of carbonyl (C=O) groups is 1. The fraction of sp³-hybridized carbons (Fsp3) is 0.286. The maximum absolute atomic E-state index is 13.8. The minimum Gasteiger partial charge on any atom is -0.465 e. The van der Waals surface area contributed by atoms with Crippen LogP contribution < -0.4 is 5.32 Å². The fourth-order valence-corrected chi connectivity index (χ4v) is 3.73. The number of furan rings is 1. The molecular weight excluding hydrogens is 364 g/mol. The van der Waals surface area contributed by atoms with Crippen LogP contribution in [0.3, 0.4) is 0 Å². The molecule has 0 fully saturated rings. The Morgan fingerprint density at radius 1 is 1.21 bits per heavy atom. The van der Waals surface area contributed by atoms with Crippen LogP contribution in [0.15, 0.2) is 29.1 Å². The molecule has 0 radical (unpaired) electrons. The molecule has 0 aromatic carbocycles. The summed E-state index contributed by atoms with van der Waals surface area (Å²) in [6, 6.07) is 1.89. The lowest BCUT2D eigenvalue weighted by Crippen LogP contribution is -2.17. The van der Waals surface area contributed by atoms with E-state index in [2.05, 4.69) is 15.3 Å². The normalized spacial score (nSPS) is 12.9. The summed E-state index contributed by atoms with van der Waals surface area (Å²) in [4.78, 5) is 20.3. The van der Waals surface area contributed by atoms with E-state index in [0.717, 1.165) is 60.0 Å². The van der Waals surface area contributed by atoms with Gasteiger partial charge in [-0.25, -0.2) is 8.78 Å². The molecule has 144 valence electrons. The van der Waals surface area contributed by atoms with Crippen molar-refractivity contribution >= 4 is 11.6 Å². The van der Waals surface area contributed by atoms with Gasteiger partial charge in [-0.3, -0.25) is 14.8 Å². The Labute approximate surface area is 160 Å². The molecule has 7 heteroatoms. The van der Waals surface area contributed by atoms with Gasteiger partial charge in [0, 0.05) is 17.5 Å². The topological polar surface area (TPSA) is 68.0 Å². The Kier molecular flexibility index (Phi) is 4.66. The highest BCUT2D eigenvalue weighted by atomic mass is 19.1. The van der Waals surface area contributed by atoms with Crippen LogP contribution in [-0.2, 0) is 19.3 Å². The van der Waals surface area contributed by atoms with E-state index >= 15 is 0 Å². The van der Waals surface area contributed by atoms with Crippen molar-refractivity contribution < 1.29 is 18.0 Å². The number of fused-ring (bicyclic) bond motifs is 1. The minimum absolute atomic E-state index is 0.421. The van der Waals surface area contributed by atoms with Crippen molar-refractivity contribution in [3.63, 3.8) is 0 Å². The molecule has 1 N–H and O–H groups in total. The van der Waals surface area contributed by atoms with E-state index < -0.39 is 23.1 Å². The number of halogens is 2. The number of nitrogens with one attached hydrogen (secondary N) is 1. The SMILES string of the molecule is CCc1cc(-c2c(C)oc3c2CCC3)ncc1NC(=O)c1c(F)cncc1F. The summed E-state index contributed by atoms with van der Waals surface area (Å²) in [6.07, 6.45) is 6.73. The first kappa shape index (κ1) is 18.3. The zero-order chi connectivity index (χ0) is 19.8. The van der Waals surface area contributed by atoms with Crippen LogP contribution in [0.2, 0.25) is 0 Å². The second-order valence-corrected chi connectivity index (χ2v) is 6.80. The van der Waals surface area contributed by atoms with Crippen molar-refractivity contribution in [2.24, 2.45) is 0 Å². The molecule has 28 heavy (non-hydrogen) atoms. The zero-order valence-electron chi connectivity index (χ0n) is 15.6. The van der Waals surface area contributed by atoms with Crippen LogP contribution in [0.1, 0.15) is 46.3 Å². The van der Waals surface area contributed by atoms with E-state index in [1.807, 2.05) is 19.9 Å². The predicted octanol–water partition coefficient (Wildman–Crippen LogP) is 4.63. The smallest absolute Gasteiger partial charge is 0.261 e. The summed E-state index contributed by atoms with van der Waals surface area (Å²) in [5.74, 6) is -1.04. The van der Waals surface area contributed by atoms with Crippen molar-refractivity contribution in [3.8, 4) is 11.3 Å². The molecule has 0 unspecified atom stereocenters. The van der Waals surface area contributed by atoms with Crippen LogP contribution in [0.5, 0.6) is 0 Å². The molecule has 4 rings (SSSR count). The number of rotatable bonds is 4. The van der Waals surface area contributed by atoms with E-state index in [1.54, 1.807) is 0 Å².